The molecule has 0 unspecified atom stereocenters. The molecule has 2 nitrogen and oxygen atoms in total. The van der Waals surface area contributed by atoms with Crippen molar-refractivity contribution in [3.63, 3.8) is 0 Å². The third kappa shape index (κ3) is 2.05. The van der Waals surface area contributed by atoms with Crippen LogP contribution in [-0.2, 0) is 5.41 Å². The zero-order valence-electron chi connectivity index (χ0n) is 11.6. The van der Waals surface area contributed by atoms with Crippen LogP contribution in [0.25, 0.3) is 11.3 Å². The number of para-hydroxylation sites is 1. The van der Waals surface area contributed by atoms with Crippen LogP contribution in [0.3, 0.4) is 0 Å². The maximum Gasteiger partial charge on any atom is 0.104 e. The molecule has 0 amide bonds. The summed E-state index contributed by atoms with van der Waals surface area (Å²) < 4.78 is 0. The largest absolute Gasteiger partial charge is 0.398 e. The molecule has 4 rings (SSSR count). The van der Waals surface area contributed by atoms with E-state index in [1.807, 2.05) is 24.3 Å². The molecule has 0 radical (unpaired) electrons. The third-order valence-corrected chi connectivity index (χ3v) is 5.27. The van der Waals surface area contributed by atoms with Gasteiger partial charge in [-0.25, -0.2) is 4.98 Å². The average Bonchev–Trinajstić information content (AvgIpc) is 3.20. The Morgan fingerprint density at radius 3 is 2.38 bits per heavy atom. The molecule has 3 heteroatoms. The zero-order valence-corrected chi connectivity index (χ0v) is 12.4. The first-order chi connectivity index (χ1) is 10.3. The van der Waals surface area contributed by atoms with Crippen molar-refractivity contribution in [3.8, 4) is 11.3 Å². The Hall–Kier alpha value is -2.13. The molecular weight excluding hydrogens is 276 g/mol. The van der Waals surface area contributed by atoms with Gasteiger partial charge in [0.25, 0.3) is 0 Å². The van der Waals surface area contributed by atoms with Crippen LogP contribution < -0.4 is 5.73 Å². The number of anilines is 1. The van der Waals surface area contributed by atoms with Crippen LogP contribution in [0.1, 0.15) is 23.4 Å². The normalized spacial score (nSPS) is 15.8. The molecule has 0 bridgehead atoms. The average molecular weight is 292 g/mol. The van der Waals surface area contributed by atoms with E-state index in [1.165, 1.54) is 23.4 Å². The first kappa shape index (κ1) is 12.6. The monoisotopic (exact) mass is 292 g/mol. The highest BCUT2D eigenvalue weighted by Gasteiger charge is 2.48. The van der Waals surface area contributed by atoms with E-state index in [2.05, 4.69) is 35.7 Å². The van der Waals surface area contributed by atoms with Gasteiger partial charge in [-0.05, 0) is 24.5 Å². The molecule has 21 heavy (non-hydrogen) atoms. The summed E-state index contributed by atoms with van der Waals surface area (Å²) in [6.45, 7) is 0. The number of nitrogens with two attached hydrogens (primary N) is 1. The number of hydrogen-bond acceptors (Lipinski definition) is 3. The highest BCUT2D eigenvalue weighted by atomic mass is 32.1. The van der Waals surface area contributed by atoms with Crippen LogP contribution in [0.15, 0.2) is 60.0 Å². The molecule has 1 heterocycles. The van der Waals surface area contributed by atoms with Gasteiger partial charge >= 0.3 is 0 Å². The minimum atomic E-state index is 0.147. The van der Waals surface area contributed by atoms with E-state index < -0.39 is 0 Å². The van der Waals surface area contributed by atoms with Gasteiger partial charge in [-0.1, -0.05) is 48.5 Å². The molecule has 1 aromatic heterocycles. The van der Waals surface area contributed by atoms with Gasteiger partial charge in [0.2, 0.25) is 0 Å². The highest BCUT2D eigenvalue weighted by molar-refractivity contribution is 7.10. The Morgan fingerprint density at radius 2 is 1.67 bits per heavy atom. The van der Waals surface area contributed by atoms with Crippen molar-refractivity contribution in [1.29, 1.82) is 0 Å². The Labute approximate surface area is 128 Å². The zero-order chi connectivity index (χ0) is 14.3. The Morgan fingerprint density at radius 1 is 0.952 bits per heavy atom. The van der Waals surface area contributed by atoms with E-state index in [0.29, 0.717) is 0 Å². The molecule has 0 saturated heterocycles. The fourth-order valence-corrected chi connectivity index (χ4v) is 3.96. The van der Waals surface area contributed by atoms with E-state index in [1.54, 1.807) is 11.3 Å². The van der Waals surface area contributed by atoms with Crippen LogP contribution in [0.2, 0.25) is 0 Å². The summed E-state index contributed by atoms with van der Waals surface area (Å²) in [5, 5.41) is 3.34. The molecule has 1 saturated carbocycles. The van der Waals surface area contributed by atoms with E-state index in [4.69, 9.17) is 10.7 Å². The lowest BCUT2D eigenvalue weighted by molar-refractivity contribution is 0.834. The fraction of sp³-hybridized carbons (Fsp3) is 0.167. The van der Waals surface area contributed by atoms with E-state index in [0.717, 1.165) is 16.9 Å². The van der Waals surface area contributed by atoms with Crippen molar-refractivity contribution in [2.45, 2.75) is 18.3 Å². The Bertz CT molecular complexity index is 773. The second-order valence-electron chi connectivity index (χ2n) is 5.57. The number of hydrogen-bond donors (Lipinski definition) is 1. The lowest BCUT2D eigenvalue weighted by Gasteiger charge is -2.12. The Balaban J connectivity index is 1.74. The number of rotatable bonds is 3. The van der Waals surface area contributed by atoms with Crippen molar-refractivity contribution < 1.29 is 0 Å². The predicted octanol–water partition coefficient (Wildman–Crippen LogP) is 4.47. The minimum absolute atomic E-state index is 0.147. The molecule has 0 aliphatic heterocycles. The van der Waals surface area contributed by atoms with Crippen LogP contribution in [0.5, 0.6) is 0 Å². The maximum absolute atomic E-state index is 6.06. The van der Waals surface area contributed by atoms with Crippen LogP contribution in [0.4, 0.5) is 5.69 Å². The molecule has 2 aromatic carbocycles. The predicted molar refractivity (Wildman–Crippen MR) is 88.4 cm³/mol. The fourth-order valence-electron chi connectivity index (χ4n) is 2.86. The first-order valence-electron chi connectivity index (χ1n) is 7.16. The summed E-state index contributed by atoms with van der Waals surface area (Å²) in [5.74, 6) is 0. The molecule has 1 fully saturated rings. The number of thiazole rings is 1. The number of aromatic nitrogens is 1. The van der Waals surface area contributed by atoms with Crippen molar-refractivity contribution in [3.05, 3.63) is 70.5 Å². The molecule has 1 aliphatic carbocycles. The lowest BCUT2D eigenvalue weighted by Crippen LogP contribution is -2.07. The van der Waals surface area contributed by atoms with Gasteiger partial charge < -0.3 is 5.73 Å². The molecule has 104 valence electrons. The SMILES string of the molecule is Nc1ccccc1-c1csc(C2(c3ccccc3)CC2)n1. The third-order valence-electron chi connectivity index (χ3n) is 4.23. The van der Waals surface area contributed by atoms with Gasteiger partial charge in [-0.3, -0.25) is 0 Å². The summed E-state index contributed by atoms with van der Waals surface area (Å²) in [4.78, 5) is 4.89. The van der Waals surface area contributed by atoms with Crippen molar-refractivity contribution in [2.75, 3.05) is 5.73 Å². The van der Waals surface area contributed by atoms with Crippen LogP contribution in [-0.4, -0.2) is 4.98 Å². The quantitative estimate of drug-likeness (QED) is 0.723. The van der Waals surface area contributed by atoms with E-state index >= 15 is 0 Å². The molecular formula is C18H16N2S. The van der Waals surface area contributed by atoms with Gasteiger partial charge in [-0.15, -0.1) is 11.3 Å². The second-order valence-corrected chi connectivity index (χ2v) is 6.43. The number of benzene rings is 2. The van der Waals surface area contributed by atoms with Crippen LogP contribution in [0, 0.1) is 0 Å². The topological polar surface area (TPSA) is 38.9 Å². The van der Waals surface area contributed by atoms with Gasteiger partial charge in [0.1, 0.15) is 5.01 Å². The van der Waals surface area contributed by atoms with Crippen molar-refractivity contribution in [1.82, 2.24) is 4.98 Å². The van der Waals surface area contributed by atoms with Crippen molar-refractivity contribution >= 4 is 17.0 Å². The molecule has 0 atom stereocenters. The number of nitrogen functional groups attached to an aromatic ring is 1. The summed E-state index contributed by atoms with van der Waals surface area (Å²) in [6, 6.07) is 18.6. The first-order valence-corrected chi connectivity index (χ1v) is 8.04. The molecule has 0 spiro atoms. The van der Waals surface area contributed by atoms with Crippen molar-refractivity contribution in [2.24, 2.45) is 0 Å². The van der Waals surface area contributed by atoms with Gasteiger partial charge in [0.05, 0.1) is 5.69 Å². The van der Waals surface area contributed by atoms with E-state index in [-0.39, 0.29) is 5.41 Å². The maximum atomic E-state index is 6.06. The van der Waals surface area contributed by atoms with Gasteiger partial charge in [-0.2, -0.15) is 0 Å². The highest BCUT2D eigenvalue weighted by Crippen LogP contribution is 2.54. The Kier molecular flexibility index (Phi) is 2.82. The summed E-state index contributed by atoms with van der Waals surface area (Å²) in [7, 11) is 0. The van der Waals surface area contributed by atoms with Crippen LogP contribution >= 0.6 is 11.3 Å². The lowest BCUT2D eigenvalue weighted by atomic mass is 9.97. The molecule has 2 N–H and O–H groups in total. The van der Waals surface area contributed by atoms with E-state index in [9.17, 15) is 0 Å². The standard InChI is InChI=1S/C18H16N2S/c19-15-9-5-4-8-14(15)16-12-21-17(20-16)18(10-11-18)13-6-2-1-3-7-13/h1-9,12H,10-11,19H2. The van der Waals surface area contributed by atoms with Gasteiger partial charge in [0, 0.05) is 22.0 Å². The second kappa shape index (κ2) is 4.71. The van der Waals surface area contributed by atoms with Gasteiger partial charge in [0.15, 0.2) is 0 Å². The molecule has 3 aromatic rings. The minimum Gasteiger partial charge on any atom is -0.398 e. The summed E-state index contributed by atoms with van der Waals surface area (Å²) in [6.07, 6.45) is 2.38. The summed E-state index contributed by atoms with van der Waals surface area (Å²) in [5.41, 5.74) is 10.4. The molecule has 1 aliphatic rings. The number of nitrogens with zero attached hydrogens (tertiary/aromatic N) is 1. The smallest absolute Gasteiger partial charge is 0.104 e. The summed E-state index contributed by atoms with van der Waals surface area (Å²) >= 11 is 1.75.